The van der Waals surface area contributed by atoms with E-state index >= 15 is 0 Å². The van der Waals surface area contributed by atoms with Crippen LogP contribution in [0.4, 0.5) is 0 Å². The zero-order chi connectivity index (χ0) is 18.0. The molecule has 4 aliphatic carbocycles. The van der Waals surface area contributed by atoms with Crippen LogP contribution < -0.4 is 0 Å². The van der Waals surface area contributed by atoms with Crippen molar-refractivity contribution >= 4 is 23.4 Å². The second kappa shape index (κ2) is 5.84. The number of esters is 1. The average Bonchev–Trinajstić information content (AvgIpc) is 2.88. The third-order valence-electron chi connectivity index (χ3n) is 8.27. The number of hydrogen-bond donors (Lipinski definition) is 0. The van der Waals surface area contributed by atoms with Crippen molar-refractivity contribution in [2.45, 2.75) is 78.2 Å². The van der Waals surface area contributed by atoms with Gasteiger partial charge in [-0.15, -0.1) is 0 Å². The Bertz CT molecular complexity index is 654. The molecule has 0 radical (unpaired) electrons. The van der Waals surface area contributed by atoms with Crippen molar-refractivity contribution in [2.75, 3.05) is 0 Å². The summed E-state index contributed by atoms with van der Waals surface area (Å²) < 4.78 is 5.71. The van der Waals surface area contributed by atoms with E-state index in [0.29, 0.717) is 29.2 Å². The van der Waals surface area contributed by atoms with Crippen LogP contribution in [0.1, 0.15) is 72.1 Å². The van der Waals surface area contributed by atoms with E-state index in [9.17, 15) is 9.59 Å². The normalized spacial score (nSPS) is 46.3. The molecule has 0 amide bonds. The standard InChI is InChI=1S/C21H29ClO3/c1-12(23)25-18-7-6-14-13-4-5-16-19(22)17(24)9-11-20(16,2)15(13)8-10-21(14,18)3/h13-15,18H,4-11H2,1-3H3/t13-,14+,15+,18+,20+,21-/m0/s1. The van der Waals surface area contributed by atoms with Gasteiger partial charge in [0.1, 0.15) is 6.10 Å². The highest BCUT2D eigenvalue weighted by Crippen LogP contribution is 2.66. The van der Waals surface area contributed by atoms with Gasteiger partial charge in [-0.25, -0.2) is 0 Å². The smallest absolute Gasteiger partial charge is 0.302 e. The number of allylic oxidation sites excluding steroid dienone is 1. The lowest BCUT2D eigenvalue weighted by atomic mass is 9.47. The molecule has 0 aromatic carbocycles. The molecule has 0 aromatic heterocycles. The summed E-state index contributed by atoms with van der Waals surface area (Å²) in [5.74, 6) is 1.92. The van der Waals surface area contributed by atoms with Gasteiger partial charge in [-0.2, -0.15) is 0 Å². The highest BCUT2D eigenvalue weighted by Gasteiger charge is 2.60. The predicted octanol–water partition coefficient (Wildman–Crippen LogP) is 5.02. The monoisotopic (exact) mass is 364 g/mol. The van der Waals surface area contributed by atoms with E-state index in [0.717, 1.165) is 44.9 Å². The van der Waals surface area contributed by atoms with Crippen LogP contribution >= 0.6 is 11.6 Å². The molecule has 0 spiro atoms. The fourth-order valence-corrected chi connectivity index (χ4v) is 7.40. The van der Waals surface area contributed by atoms with E-state index in [1.807, 2.05) is 0 Å². The summed E-state index contributed by atoms with van der Waals surface area (Å²) in [5.41, 5.74) is 1.46. The summed E-state index contributed by atoms with van der Waals surface area (Å²) in [6.07, 6.45) is 8.17. The molecule has 3 fully saturated rings. The minimum Gasteiger partial charge on any atom is -0.462 e. The SMILES string of the molecule is CC(=O)O[C@@H]1CC[C@@H]2[C@@H]3CCC4=C(Cl)C(=O)CC[C@]4(C)[C@@H]3CC[C@@]21C. The van der Waals surface area contributed by atoms with E-state index < -0.39 is 0 Å². The average molecular weight is 365 g/mol. The lowest BCUT2D eigenvalue weighted by Crippen LogP contribution is -2.52. The van der Waals surface area contributed by atoms with Gasteiger partial charge in [0, 0.05) is 18.8 Å². The molecule has 138 valence electrons. The van der Waals surface area contributed by atoms with E-state index in [1.54, 1.807) is 0 Å². The first-order valence-corrected chi connectivity index (χ1v) is 10.2. The van der Waals surface area contributed by atoms with Gasteiger partial charge in [-0.05, 0) is 73.7 Å². The number of halogens is 1. The fraction of sp³-hybridized carbons (Fsp3) is 0.810. The van der Waals surface area contributed by atoms with E-state index in [2.05, 4.69) is 13.8 Å². The van der Waals surface area contributed by atoms with Crippen molar-refractivity contribution in [3.05, 3.63) is 10.6 Å². The van der Waals surface area contributed by atoms with Crippen molar-refractivity contribution < 1.29 is 14.3 Å². The molecular weight excluding hydrogens is 336 g/mol. The first kappa shape index (κ1) is 17.6. The third-order valence-corrected chi connectivity index (χ3v) is 8.71. The second-order valence-corrected chi connectivity index (χ2v) is 9.65. The lowest BCUT2D eigenvalue weighted by molar-refractivity contribution is -0.157. The molecule has 25 heavy (non-hydrogen) atoms. The molecule has 0 bridgehead atoms. The minimum absolute atomic E-state index is 0.0808. The van der Waals surface area contributed by atoms with E-state index in [-0.39, 0.29) is 28.7 Å². The molecule has 0 N–H and O–H groups in total. The zero-order valence-electron chi connectivity index (χ0n) is 15.6. The van der Waals surface area contributed by atoms with Crippen LogP contribution in [-0.4, -0.2) is 17.9 Å². The summed E-state index contributed by atoms with van der Waals surface area (Å²) in [5, 5.41) is 0.546. The summed E-state index contributed by atoms with van der Waals surface area (Å²) >= 11 is 6.45. The summed E-state index contributed by atoms with van der Waals surface area (Å²) in [6, 6.07) is 0. The molecule has 6 atom stereocenters. The van der Waals surface area contributed by atoms with Crippen LogP contribution in [0.15, 0.2) is 10.6 Å². The Morgan fingerprint density at radius 3 is 2.56 bits per heavy atom. The number of hydrogen-bond acceptors (Lipinski definition) is 3. The van der Waals surface area contributed by atoms with Gasteiger partial charge in [0.15, 0.2) is 5.78 Å². The Kier molecular flexibility index (Phi) is 4.10. The highest BCUT2D eigenvalue weighted by molar-refractivity contribution is 6.43. The Balaban J connectivity index is 1.65. The molecule has 4 aliphatic rings. The van der Waals surface area contributed by atoms with Gasteiger partial charge >= 0.3 is 5.97 Å². The molecule has 4 rings (SSSR count). The number of fused-ring (bicyclic) bond motifs is 5. The largest absolute Gasteiger partial charge is 0.462 e. The molecule has 0 heterocycles. The van der Waals surface area contributed by atoms with Crippen LogP contribution in [-0.2, 0) is 14.3 Å². The lowest BCUT2D eigenvalue weighted by Gasteiger charge is -2.58. The highest BCUT2D eigenvalue weighted by atomic mass is 35.5. The number of rotatable bonds is 1. The second-order valence-electron chi connectivity index (χ2n) is 9.27. The molecule has 4 heteroatoms. The van der Waals surface area contributed by atoms with Gasteiger partial charge in [0.2, 0.25) is 0 Å². The number of Topliss-reactive ketones (excluding diaryl/α,β-unsaturated/α-hetero) is 1. The van der Waals surface area contributed by atoms with Gasteiger partial charge in [0.25, 0.3) is 0 Å². The maximum absolute atomic E-state index is 12.1. The molecule has 3 nitrogen and oxygen atoms in total. The fourth-order valence-electron chi connectivity index (χ4n) is 7.00. The van der Waals surface area contributed by atoms with Crippen molar-refractivity contribution in [3.8, 4) is 0 Å². The van der Waals surface area contributed by atoms with Crippen LogP contribution in [0, 0.1) is 28.6 Å². The first-order valence-electron chi connectivity index (χ1n) is 9.87. The van der Waals surface area contributed by atoms with Crippen LogP contribution in [0.2, 0.25) is 0 Å². The van der Waals surface area contributed by atoms with Crippen molar-refractivity contribution in [1.29, 1.82) is 0 Å². The topological polar surface area (TPSA) is 43.4 Å². The summed E-state index contributed by atoms with van der Waals surface area (Å²) in [4.78, 5) is 23.6. The van der Waals surface area contributed by atoms with E-state index in [1.165, 1.54) is 12.5 Å². The maximum atomic E-state index is 12.1. The maximum Gasteiger partial charge on any atom is 0.302 e. The van der Waals surface area contributed by atoms with Crippen molar-refractivity contribution in [3.63, 3.8) is 0 Å². The Morgan fingerprint density at radius 2 is 1.84 bits per heavy atom. The Morgan fingerprint density at radius 1 is 1.08 bits per heavy atom. The quantitative estimate of drug-likeness (QED) is 0.614. The van der Waals surface area contributed by atoms with Crippen LogP contribution in [0.25, 0.3) is 0 Å². The molecule has 0 aromatic rings. The molecule has 0 saturated heterocycles. The minimum atomic E-state index is -0.146. The Hall–Kier alpha value is -0.830. The number of ketones is 1. The van der Waals surface area contributed by atoms with Crippen molar-refractivity contribution in [2.24, 2.45) is 28.6 Å². The summed E-state index contributed by atoms with van der Waals surface area (Å²) in [7, 11) is 0. The third kappa shape index (κ3) is 2.44. The van der Waals surface area contributed by atoms with Gasteiger partial charge < -0.3 is 4.74 Å². The number of carbonyl (C=O) groups is 2. The predicted molar refractivity (Wildman–Crippen MR) is 97.1 cm³/mol. The zero-order valence-corrected chi connectivity index (χ0v) is 16.3. The number of carbonyl (C=O) groups excluding carboxylic acids is 2. The van der Waals surface area contributed by atoms with Gasteiger partial charge in [-0.1, -0.05) is 25.4 Å². The molecular formula is C21H29ClO3. The van der Waals surface area contributed by atoms with Crippen LogP contribution in [0.5, 0.6) is 0 Å². The van der Waals surface area contributed by atoms with Crippen LogP contribution in [0.3, 0.4) is 0 Å². The molecule has 3 saturated carbocycles. The van der Waals surface area contributed by atoms with Crippen molar-refractivity contribution in [1.82, 2.24) is 0 Å². The molecule has 0 aliphatic heterocycles. The van der Waals surface area contributed by atoms with Gasteiger partial charge in [-0.3, -0.25) is 9.59 Å². The number of ether oxygens (including phenoxy) is 1. The van der Waals surface area contributed by atoms with Gasteiger partial charge in [0.05, 0.1) is 5.03 Å². The molecule has 0 unspecified atom stereocenters. The first-order chi connectivity index (χ1) is 11.8. The Labute approximate surface area is 155 Å². The summed E-state index contributed by atoms with van der Waals surface area (Å²) in [6.45, 7) is 6.23. The van der Waals surface area contributed by atoms with E-state index in [4.69, 9.17) is 16.3 Å².